The third-order valence-corrected chi connectivity index (χ3v) is 2.41. The number of benzene rings is 1. The summed E-state index contributed by atoms with van der Waals surface area (Å²) in [4.78, 5) is 0. The van der Waals surface area contributed by atoms with E-state index in [1.807, 2.05) is 35.0 Å². The molecule has 0 unspecified atom stereocenters. The Hall–Kier alpha value is -1.61. The van der Waals surface area contributed by atoms with Gasteiger partial charge in [-0.25, -0.2) is 4.39 Å². The smallest absolute Gasteiger partial charge is 0.0889 e. The summed E-state index contributed by atoms with van der Waals surface area (Å²) in [5, 5.41) is 1.10. The van der Waals surface area contributed by atoms with Crippen LogP contribution in [0, 0.1) is 6.07 Å². The number of hydrogen-bond donors (Lipinski definition) is 1. The maximum atomic E-state index is 12.4. The lowest BCUT2D eigenvalue weighted by molar-refractivity contribution is 0.678. The van der Waals surface area contributed by atoms with Gasteiger partial charge in [0.15, 0.2) is 0 Å². The third-order valence-electron chi connectivity index (χ3n) is 2.41. The molecule has 0 bridgehead atoms. The van der Waals surface area contributed by atoms with Crippen LogP contribution >= 0.6 is 0 Å². The van der Waals surface area contributed by atoms with E-state index in [2.05, 4.69) is 6.07 Å². The van der Waals surface area contributed by atoms with Crippen LogP contribution < -0.4 is 5.73 Å². The number of nitrogens with zero attached hydrogens (tertiary/aromatic N) is 1. The largest absolute Gasteiger partial charge is 0.343 e. The average Bonchev–Trinajstić information content (AvgIpc) is 2.69. The maximum Gasteiger partial charge on any atom is 0.0889 e. The minimum atomic E-state index is 0.245. The molecule has 0 aliphatic rings. The van der Waals surface area contributed by atoms with Crippen LogP contribution in [0.2, 0.25) is 0 Å². The van der Waals surface area contributed by atoms with Crippen LogP contribution in [0.5, 0.6) is 0 Å². The number of fused-ring (bicyclic) bond motifs is 1. The highest BCUT2D eigenvalue weighted by Crippen LogP contribution is 2.15. The van der Waals surface area contributed by atoms with Gasteiger partial charge in [-0.15, -0.1) is 0 Å². The van der Waals surface area contributed by atoms with Crippen molar-refractivity contribution < 1.29 is 4.39 Å². The molecule has 0 amide bonds. The fourth-order valence-electron chi connectivity index (χ4n) is 1.58. The van der Waals surface area contributed by atoms with Gasteiger partial charge in [0.05, 0.1) is 6.33 Å². The summed E-state index contributed by atoms with van der Waals surface area (Å²) >= 11 is 0. The molecule has 2 nitrogen and oxygen atoms in total. The minimum absolute atomic E-state index is 0.245. The lowest BCUT2D eigenvalue weighted by Gasteiger charge is -2.06. The van der Waals surface area contributed by atoms with Gasteiger partial charge in [0.25, 0.3) is 0 Å². The van der Waals surface area contributed by atoms with E-state index in [9.17, 15) is 4.39 Å². The topological polar surface area (TPSA) is 30.9 Å². The fourth-order valence-corrected chi connectivity index (χ4v) is 1.58. The zero-order valence-corrected chi connectivity index (χ0v) is 8.28. The van der Waals surface area contributed by atoms with E-state index in [1.54, 1.807) is 0 Å². The summed E-state index contributed by atoms with van der Waals surface area (Å²) in [5.74, 6) is 0. The van der Waals surface area contributed by atoms with E-state index in [0.29, 0.717) is 18.4 Å². The number of aromatic nitrogens is 1. The van der Waals surface area contributed by atoms with Crippen molar-refractivity contribution in [2.24, 2.45) is 5.73 Å². The molecule has 0 atom stereocenters. The lowest BCUT2D eigenvalue weighted by atomic mass is 10.2. The van der Waals surface area contributed by atoms with Gasteiger partial charge < -0.3 is 10.3 Å². The van der Waals surface area contributed by atoms with Crippen molar-refractivity contribution in [1.82, 2.24) is 4.57 Å². The summed E-state index contributed by atoms with van der Waals surface area (Å²) in [7, 11) is 0. The van der Waals surface area contributed by atoms with Crippen molar-refractivity contribution in [3.05, 3.63) is 48.4 Å². The predicted molar refractivity (Wildman–Crippen MR) is 59.0 cm³/mol. The van der Waals surface area contributed by atoms with Crippen LogP contribution in [-0.4, -0.2) is 11.1 Å². The Labute approximate surface area is 87.8 Å². The number of rotatable bonds is 3. The van der Waals surface area contributed by atoms with Gasteiger partial charge in [0.2, 0.25) is 0 Å². The van der Waals surface area contributed by atoms with E-state index in [0.717, 1.165) is 10.9 Å². The quantitative estimate of drug-likeness (QED) is 0.815. The molecule has 2 N–H and O–H groups in total. The normalized spacial score (nSPS) is 12.3. The van der Waals surface area contributed by atoms with E-state index < -0.39 is 0 Å². The molecule has 2 rings (SSSR count). The van der Waals surface area contributed by atoms with Gasteiger partial charge in [-0.05, 0) is 29.8 Å². The zero-order chi connectivity index (χ0) is 10.7. The SMILES string of the molecule is NC/C(=C\F)Cn1ccc2c[c]ccc21. The molecule has 0 saturated carbocycles. The van der Waals surface area contributed by atoms with Crippen molar-refractivity contribution in [2.45, 2.75) is 6.54 Å². The van der Waals surface area contributed by atoms with Crippen LogP contribution in [-0.2, 0) is 6.54 Å². The molecule has 2 aromatic rings. The molecular weight excluding hydrogens is 191 g/mol. The minimum Gasteiger partial charge on any atom is -0.343 e. The summed E-state index contributed by atoms with van der Waals surface area (Å²) in [5.41, 5.74) is 7.07. The Kier molecular flexibility index (Phi) is 2.83. The molecule has 3 heteroatoms. The molecule has 0 spiro atoms. The van der Waals surface area contributed by atoms with Crippen LogP contribution in [0.15, 0.2) is 42.4 Å². The summed E-state index contributed by atoms with van der Waals surface area (Å²) in [6.07, 6.45) is 2.51. The third kappa shape index (κ3) is 1.92. The highest BCUT2D eigenvalue weighted by atomic mass is 19.1. The van der Waals surface area contributed by atoms with Gasteiger partial charge in [-0.2, -0.15) is 0 Å². The Balaban J connectivity index is 2.36. The second kappa shape index (κ2) is 4.28. The second-order valence-electron chi connectivity index (χ2n) is 3.40. The average molecular weight is 203 g/mol. The Morgan fingerprint density at radius 1 is 1.53 bits per heavy atom. The predicted octanol–water partition coefficient (Wildman–Crippen LogP) is 2.25. The molecule has 1 heterocycles. The molecule has 77 valence electrons. The molecule has 1 aromatic carbocycles. The number of halogens is 1. The first-order valence-corrected chi connectivity index (χ1v) is 4.78. The first-order chi connectivity index (χ1) is 7.35. The Bertz CT molecular complexity index is 485. The number of hydrogen-bond acceptors (Lipinski definition) is 1. The first kappa shape index (κ1) is 9.93. The molecule has 0 aliphatic carbocycles. The maximum absolute atomic E-state index is 12.4. The Morgan fingerprint density at radius 3 is 3.13 bits per heavy atom. The lowest BCUT2D eigenvalue weighted by Crippen LogP contribution is -2.09. The van der Waals surface area contributed by atoms with Gasteiger partial charge in [0.1, 0.15) is 0 Å². The van der Waals surface area contributed by atoms with Gasteiger partial charge in [-0.3, -0.25) is 0 Å². The van der Waals surface area contributed by atoms with Gasteiger partial charge in [0, 0.05) is 30.2 Å². The van der Waals surface area contributed by atoms with Crippen molar-refractivity contribution in [1.29, 1.82) is 0 Å². The monoisotopic (exact) mass is 203 g/mol. The fraction of sp³-hybridized carbons (Fsp3) is 0.167. The van der Waals surface area contributed by atoms with Crippen LogP contribution in [0.4, 0.5) is 4.39 Å². The van der Waals surface area contributed by atoms with Crippen molar-refractivity contribution in [3.8, 4) is 0 Å². The van der Waals surface area contributed by atoms with Crippen LogP contribution in [0.25, 0.3) is 10.9 Å². The second-order valence-corrected chi connectivity index (χ2v) is 3.40. The first-order valence-electron chi connectivity index (χ1n) is 4.78. The van der Waals surface area contributed by atoms with Crippen molar-refractivity contribution in [3.63, 3.8) is 0 Å². The van der Waals surface area contributed by atoms with E-state index in [1.165, 1.54) is 0 Å². The molecule has 15 heavy (non-hydrogen) atoms. The highest BCUT2D eigenvalue weighted by molar-refractivity contribution is 5.79. The molecule has 0 saturated heterocycles. The van der Waals surface area contributed by atoms with E-state index >= 15 is 0 Å². The van der Waals surface area contributed by atoms with Gasteiger partial charge >= 0.3 is 0 Å². The van der Waals surface area contributed by atoms with E-state index in [-0.39, 0.29) is 6.54 Å². The summed E-state index contributed by atoms with van der Waals surface area (Å²) in [6.45, 7) is 0.746. The summed E-state index contributed by atoms with van der Waals surface area (Å²) < 4.78 is 14.4. The molecular formula is C12H12FN2. The molecule has 1 aromatic heterocycles. The molecule has 0 aliphatic heterocycles. The summed E-state index contributed by atoms with van der Waals surface area (Å²) in [6, 6.07) is 10.7. The van der Waals surface area contributed by atoms with Gasteiger partial charge in [-0.1, -0.05) is 6.07 Å². The van der Waals surface area contributed by atoms with Crippen molar-refractivity contribution in [2.75, 3.05) is 6.54 Å². The zero-order valence-electron chi connectivity index (χ0n) is 8.28. The highest BCUT2D eigenvalue weighted by Gasteiger charge is 2.01. The molecule has 0 fully saturated rings. The van der Waals surface area contributed by atoms with E-state index in [4.69, 9.17) is 5.73 Å². The Morgan fingerprint density at radius 2 is 2.40 bits per heavy atom. The van der Waals surface area contributed by atoms with Crippen LogP contribution in [0.3, 0.4) is 0 Å². The standard InChI is InChI=1S/C12H12FN2/c13-7-10(8-14)9-15-6-5-11-3-1-2-4-12(11)15/h2-7H,8-9,14H2/b10-7+. The number of nitrogens with two attached hydrogens (primary N) is 1. The molecule has 1 radical (unpaired) electrons. The van der Waals surface area contributed by atoms with Crippen LogP contribution in [0.1, 0.15) is 0 Å². The van der Waals surface area contributed by atoms with Crippen molar-refractivity contribution >= 4 is 10.9 Å².